The van der Waals surface area contributed by atoms with Gasteiger partial charge in [-0.1, -0.05) is 63.0 Å². The number of hydrogen-bond acceptors (Lipinski definition) is 2. The van der Waals surface area contributed by atoms with Crippen molar-refractivity contribution in [1.82, 2.24) is 4.90 Å². The first kappa shape index (κ1) is 29.7. The van der Waals surface area contributed by atoms with Crippen molar-refractivity contribution in [2.24, 2.45) is 0 Å². The molecule has 0 aliphatic heterocycles. The molecule has 1 unspecified atom stereocenters. The molecule has 1 atom stereocenters. The molecule has 2 nitrogen and oxygen atoms in total. The third-order valence-electron chi connectivity index (χ3n) is 6.04. The van der Waals surface area contributed by atoms with Crippen LogP contribution in [0.4, 0.5) is 13.2 Å². The highest BCUT2D eigenvalue weighted by molar-refractivity contribution is 6.39. The number of fused-ring (bicyclic) bond motifs is 1. The van der Waals surface area contributed by atoms with E-state index < -0.39 is 17.9 Å². The maximum absolute atomic E-state index is 13.6. The highest BCUT2D eigenvalue weighted by Crippen LogP contribution is 2.33. The Morgan fingerprint density at radius 2 is 1.74 bits per heavy atom. The van der Waals surface area contributed by atoms with Crippen LogP contribution in [0.15, 0.2) is 29.8 Å². The Hall–Kier alpha value is -1.53. The van der Waals surface area contributed by atoms with Crippen molar-refractivity contribution < 1.29 is 18.3 Å². The number of rotatable bonds is 12. The van der Waals surface area contributed by atoms with Crippen LogP contribution < -0.4 is 10.4 Å². The van der Waals surface area contributed by atoms with Crippen molar-refractivity contribution in [2.75, 3.05) is 19.6 Å². The van der Waals surface area contributed by atoms with Crippen LogP contribution in [0.3, 0.4) is 0 Å². The van der Waals surface area contributed by atoms with Gasteiger partial charge in [-0.25, -0.2) is 0 Å². The molecule has 0 radical (unpaired) electrons. The van der Waals surface area contributed by atoms with E-state index in [1.807, 2.05) is 0 Å². The zero-order valence-corrected chi connectivity index (χ0v) is 22.3. The number of aliphatic hydroxyl groups is 1. The Morgan fingerprint density at radius 1 is 1.06 bits per heavy atom. The van der Waals surface area contributed by atoms with Crippen LogP contribution in [0.2, 0.25) is 10.0 Å². The van der Waals surface area contributed by atoms with Crippen LogP contribution in [0.5, 0.6) is 0 Å². The van der Waals surface area contributed by atoms with E-state index in [9.17, 15) is 18.3 Å². The Morgan fingerprint density at radius 3 is 2.34 bits per heavy atom. The summed E-state index contributed by atoms with van der Waals surface area (Å²) in [4.78, 5) is 2.41. The summed E-state index contributed by atoms with van der Waals surface area (Å²) in [5.41, 5.74) is -0.189. The van der Waals surface area contributed by atoms with Gasteiger partial charge in [0, 0.05) is 10.4 Å². The van der Waals surface area contributed by atoms with Crippen LogP contribution in [-0.2, 0) is 0 Å². The van der Waals surface area contributed by atoms with E-state index in [0.717, 1.165) is 57.5 Å². The lowest BCUT2D eigenvalue weighted by Gasteiger charge is -2.22. The average molecular weight is 531 g/mol. The summed E-state index contributed by atoms with van der Waals surface area (Å²) in [6, 6.07) is 4.79. The molecule has 0 spiro atoms. The highest BCUT2D eigenvalue weighted by atomic mass is 35.5. The van der Waals surface area contributed by atoms with Crippen molar-refractivity contribution in [1.29, 1.82) is 0 Å². The standard InChI is InChI=1S/C28H36Cl2F3NO/c1-5-8-13-34(12-7-3)14-9-11-26(35)24-15-19(4)22(16-20(10-6-2)28(31,32)33)23-17-21(29)18-25(30)27(23)24/h10,15-18,26,35H,4-9,11-14H2,1-3H3/b20-10?,22-16+. The van der Waals surface area contributed by atoms with Crippen LogP contribution in [0.1, 0.15) is 71.0 Å². The maximum atomic E-state index is 13.6. The van der Waals surface area contributed by atoms with E-state index >= 15 is 0 Å². The normalized spacial score (nSPS) is 14.3. The summed E-state index contributed by atoms with van der Waals surface area (Å²) in [6.07, 6.45) is 1.78. The molecule has 0 bridgehead atoms. The fourth-order valence-corrected chi connectivity index (χ4v) is 4.95. The average Bonchev–Trinajstić information content (AvgIpc) is 2.77. The minimum Gasteiger partial charge on any atom is -0.388 e. The van der Waals surface area contributed by atoms with E-state index in [1.165, 1.54) is 0 Å². The van der Waals surface area contributed by atoms with Gasteiger partial charge in [0.15, 0.2) is 0 Å². The van der Waals surface area contributed by atoms with E-state index in [2.05, 4.69) is 25.3 Å². The van der Waals surface area contributed by atoms with Gasteiger partial charge in [-0.3, -0.25) is 0 Å². The Labute approximate surface area is 216 Å². The molecule has 2 aromatic rings. The van der Waals surface area contributed by atoms with Crippen molar-refractivity contribution in [2.45, 2.75) is 71.6 Å². The molecule has 194 valence electrons. The van der Waals surface area contributed by atoms with Gasteiger partial charge >= 0.3 is 6.18 Å². The summed E-state index contributed by atoms with van der Waals surface area (Å²) >= 11 is 12.8. The minimum absolute atomic E-state index is 0.237. The molecule has 0 saturated carbocycles. The Balaban J connectivity index is 2.51. The largest absolute Gasteiger partial charge is 0.416 e. The van der Waals surface area contributed by atoms with Crippen molar-refractivity contribution in [3.05, 3.63) is 55.9 Å². The second-order valence-corrected chi connectivity index (χ2v) is 9.76. The minimum atomic E-state index is -4.50. The molecule has 2 aromatic carbocycles. The monoisotopic (exact) mass is 529 g/mol. The van der Waals surface area contributed by atoms with Gasteiger partial charge in [-0.2, -0.15) is 13.2 Å². The number of nitrogens with zero attached hydrogens (tertiary/aromatic N) is 1. The lowest BCUT2D eigenvalue weighted by molar-refractivity contribution is -0.0867. The SMILES string of the molecule is C=c1cc(C(O)CCCN(CCC)CCCC)c2c(Cl)cc(Cl)cc2/c1=C/C(=CCC)C(F)(F)F. The van der Waals surface area contributed by atoms with Crippen molar-refractivity contribution >= 4 is 46.6 Å². The smallest absolute Gasteiger partial charge is 0.388 e. The first-order valence-corrected chi connectivity index (χ1v) is 13.1. The summed E-state index contributed by atoms with van der Waals surface area (Å²) < 4.78 is 40.8. The number of alkyl halides is 3. The molecule has 2 rings (SSSR count). The van der Waals surface area contributed by atoms with Crippen LogP contribution in [-0.4, -0.2) is 35.8 Å². The van der Waals surface area contributed by atoms with Gasteiger partial charge in [-0.05, 0) is 97.4 Å². The molecule has 0 fully saturated rings. The van der Waals surface area contributed by atoms with Crippen molar-refractivity contribution in [3.63, 3.8) is 0 Å². The molecular formula is C28H36Cl2F3NO. The predicted molar refractivity (Wildman–Crippen MR) is 143 cm³/mol. The van der Waals surface area contributed by atoms with Gasteiger partial charge in [0.05, 0.1) is 16.7 Å². The summed E-state index contributed by atoms with van der Waals surface area (Å²) in [5.74, 6) is 0. The maximum Gasteiger partial charge on any atom is 0.416 e. The van der Waals surface area contributed by atoms with Crippen LogP contribution >= 0.6 is 23.2 Å². The topological polar surface area (TPSA) is 23.5 Å². The number of aliphatic hydroxyl groups excluding tert-OH is 1. The second kappa shape index (κ2) is 13.7. The number of benzene rings is 2. The first-order valence-electron chi connectivity index (χ1n) is 12.3. The van der Waals surface area contributed by atoms with Gasteiger partial charge in [0.1, 0.15) is 0 Å². The van der Waals surface area contributed by atoms with Gasteiger partial charge < -0.3 is 10.0 Å². The van der Waals surface area contributed by atoms with E-state index in [4.69, 9.17) is 23.2 Å². The quantitative estimate of drug-likeness (QED) is 0.306. The first-order chi connectivity index (χ1) is 16.5. The molecule has 0 amide bonds. The molecule has 0 aromatic heterocycles. The van der Waals surface area contributed by atoms with Crippen LogP contribution in [0.25, 0.3) is 23.4 Å². The third kappa shape index (κ3) is 8.24. The fraction of sp³-hybridized carbons (Fsp3) is 0.500. The zero-order chi connectivity index (χ0) is 26.2. The molecular weight excluding hydrogens is 494 g/mol. The molecule has 7 heteroatoms. The van der Waals surface area contributed by atoms with Crippen molar-refractivity contribution in [3.8, 4) is 0 Å². The second-order valence-electron chi connectivity index (χ2n) is 8.91. The number of allylic oxidation sites excluding steroid dienone is 2. The molecule has 0 heterocycles. The number of unbranched alkanes of at least 4 members (excludes halogenated alkanes) is 1. The summed E-state index contributed by atoms with van der Waals surface area (Å²) in [7, 11) is 0. The molecule has 0 saturated heterocycles. The lowest BCUT2D eigenvalue weighted by atomic mass is 9.94. The van der Waals surface area contributed by atoms with Gasteiger partial charge in [0.25, 0.3) is 0 Å². The van der Waals surface area contributed by atoms with Gasteiger partial charge in [-0.15, -0.1) is 0 Å². The Bertz CT molecular complexity index is 1130. The molecule has 1 N–H and O–H groups in total. The predicted octanol–water partition coefficient (Wildman–Crippen LogP) is 7.56. The lowest BCUT2D eigenvalue weighted by Crippen LogP contribution is -2.28. The zero-order valence-electron chi connectivity index (χ0n) is 20.8. The summed E-state index contributed by atoms with van der Waals surface area (Å²) in [5, 5.41) is 13.3. The molecule has 0 aliphatic rings. The number of hydrogen-bond donors (Lipinski definition) is 1. The van der Waals surface area contributed by atoms with E-state index in [1.54, 1.807) is 25.1 Å². The fourth-order valence-electron chi connectivity index (χ4n) is 4.35. The molecule has 35 heavy (non-hydrogen) atoms. The summed E-state index contributed by atoms with van der Waals surface area (Å²) in [6.45, 7) is 12.9. The number of halogens is 5. The van der Waals surface area contributed by atoms with E-state index in [-0.39, 0.29) is 6.42 Å². The van der Waals surface area contributed by atoms with E-state index in [0.29, 0.717) is 43.2 Å². The molecule has 0 aliphatic carbocycles. The van der Waals surface area contributed by atoms with Gasteiger partial charge in [0.2, 0.25) is 0 Å². The Kier molecular flexibility index (Phi) is 11.6. The third-order valence-corrected chi connectivity index (χ3v) is 6.56. The highest BCUT2D eigenvalue weighted by Gasteiger charge is 2.31. The van der Waals surface area contributed by atoms with Crippen LogP contribution in [0, 0.1) is 0 Å².